The fraction of sp³-hybridized carbons (Fsp3) is 0.941. The lowest BCUT2D eigenvalue weighted by Gasteiger charge is -2.39. The number of methoxy groups -OCH3 is 1. The van der Waals surface area contributed by atoms with Gasteiger partial charge >= 0.3 is 6.09 Å². The lowest BCUT2D eigenvalue weighted by molar-refractivity contribution is 0.00941. The molecule has 6 heteroatoms. The standard InChI is InChI=1S/C17H33N3O3/c1-17(2,3)23-16(21)20-11-9-18(10-12-20)13-15-5-7-19(8-6-15)14-22-4/h15H,5-14H2,1-4H3. The summed E-state index contributed by atoms with van der Waals surface area (Å²) in [5.74, 6) is 0.774. The van der Waals surface area contributed by atoms with Gasteiger partial charge in [0.15, 0.2) is 0 Å². The number of carbonyl (C=O) groups excluding carboxylic acids is 1. The summed E-state index contributed by atoms with van der Waals surface area (Å²) < 4.78 is 10.6. The number of amides is 1. The number of hydrogen-bond donors (Lipinski definition) is 0. The van der Waals surface area contributed by atoms with Gasteiger partial charge in [0.05, 0.1) is 6.73 Å². The van der Waals surface area contributed by atoms with Crippen molar-refractivity contribution in [1.29, 1.82) is 0 Å². The zero-order chi connectivity index (χ0) is 16.9. The molecule has 23 heavy (non-hydrogen) atoms. The molecule has 2 saturated heterocycles. The van der Waals surface area contributed by atoms with Crippen LogP contribution in [0.4, 0.5) is 4.79 Å². The zero-order valence-electron chi connectivity index (χ0n) is 15.2. The Balaban J connectivity index is 1.66. The Labute approximate surface area is 140 Å². The van der Waals surface area contributed by atoms with Crippen molar-refractivity contribution in [3.8, 4) is 0 Å². The summed E-state index contributed by atoms with van der Waals surface area (Å²) in [5, 5.41) is 0. The van der Waals surface area contributed by atoms with Crippen LogP contribution in [0.2, 0.25) is 0 Å². The molecule has 6 nitrogen and oxygen atoms in total. The molecule has 0 aliphatic carbocycles. The molecule has 2 aliphatic heterocycles. The smallest absolute Gasteiger partial charge is 0.410 e. The second kappa shape index (κ2) is 8.31. The maximum Gasteiger partial charge on any atom is 0.410 e. The molecule has 2 fully saturated rings. The van der Waals surface area contributed by atoms with Crippen molar-refractivity contribution in [2.24, 2.45) is 5.92 Å². The Morgan fingerprint density at radius 1 is 1.00 bits per heavy atom. The summed E-state index contributed by atoms with van der Waals surface area (Å²) in [6, 6.07) is 0. The van der Waals surface area contributed by atoms with E-state index in [-0.39, 0.29) is 6.09 Å². The van der Waals surface area contributed by atoms with Gasteiger partial charge in [-0.15, -0.1) is 0 Å². The maximum absolute atomic E-state index is 12.1. The molecule has 0 bridgehead atoms. The first kappa shape index (κ1) is 18.5. The molecule has 2 aliphatic rings. The molecule has 2 rings (SSSR count). The molecule has 2 heterocycles. The monoisotopic (exact) mass is 327 g/mol. The Hall–Kier alpha value is -0.850. The van der Waals surface area contributed by atoms with E-state index in [0.717, 1.165) is 58.5 Å². The zero-order valence-corrected chi connectivity index (χ0v) is 15.2. The number of piperazine rings is 1. The van der Waals surface area contributed by atoms with Crippen molar-refractivity contribution in [3.63, 3.8) is 0 Å². The van der Waals surface area contributed by atoms with Crippen LogP contribution in [0.5, 0.6) is 0 Å². The Morgan fingerprint density at radius 2 is 1.61 bits per heavy atom. The van der Waals surface area contributed by atoms with Gasteiger partial charge in [-0.25, -0.2) is 4.79 Å². The van der Waals surface area contributed by atoms with Gasteiger partial charge in [0.2, 0.25) is 0 Å². The predicted octanol–water partition coefficient (Wildman–Crippen LogP) is 1.85. The van der Waals surface area contributed by atoms with E-state index in [9.17, 15) is 4.79 Å². The molecule has 0 N–H and O–H groups in total. The van der Waals surface area contributed by atoms with Gasteiger partial charge in [-0.3, -0.25) is 9.80 Å². The Bertz CT molecular complexity index is 368. The molecule has 0 radical (unpaired) electrons. The van der Waals surface area contributed by atoms with Crippen LogP contribution >= 0.6 is 0 Å². The van der Waals surface area contributed by atoms with Crippen LogP contribution < -0.4 is 0 Å². The third kappa shape index (κ3) is 6.28. The SMILES string of the molecule is COCN1CCC(CN2CCN(C(=O)OC(C)(C)C)CC2)CC1. The topological polar surface area (TPSA) is 45.2 Å². The van der Waals surface area contributed by atoms with Crippen molar-refractivity contribution < 1.29 is 14.3 Å². The van der Waals surface area contributed by atoms with E-state index in [1.807, 2.05) is 25.7 Å². The van der Waals surface area contributed by atoms with Crippen molar-refractivity contribution in [3.05, 3.63) is 0 Å². The van der Waals surface area contributed by atoms with Gasteiger partial charge < -0.3 is 14.4 Å². The molecule has 0 atom stereocenters. The summed E-state index contributed by atoms with van der Waals surface area (Å²) in [7, 11) is 1.76. The van der Waals surface area contributed by atoms with Gasteiger partial charge in [0, 0.05) is 52.9 Å². The summed E-state index contributed by atoms with van der Waals surface area (Å²) in [6.07, 6.45) is 2.32. The van der Waals surface area contributed by atoms with Crippen LogP contribution in [-0.4, -0.2) is 86.0 Å². The van der Waals surface area contributed by atoms with Crippen LogP contribution in [0, 0.1) is 5.92 Å². The quantitative estimate of drug-likeness (QED) is 0.788. The average Bonchev–Trinajstić information content (AvgIpc) is 2.48. The average molecular weight is 327 g/mol. The summed E-state index contributed by atoms with van der Waals surface area (Å²) in [6.45, 7) is 13.4. The first-order valence-corrected chi connectivity index (χ1v) is 8.79. The van der Waals surface area contributed by atoms with Gasteiger partial charge in [-0.05, 0) is 39.5 Å². The van der Waals surface area contributed by atoms with Gasteiger partial charge in [-0.2, -0.15) is 0 Å². The molecule has 0 aromatic carbocycles. The third-order valence-corrected chi connectivity index (χ3v) is 4.56. The minimum atomic E-state index is -0.412. The summed E-state index contributed by atoms with van der Waals surface area (Å²) in [4.78, 5) is 18.8. The number of likely N-dealkylation sites (tertiary alicyclic amines) is 1. The van der Waals surface area contributed by atoms with E-state index >= 15 is 0 Å². The van der Waals surface area contributed by atoms with Gasteiger partial charge in [-0.1, -0.05) is 0 Å². The lowest BCUT2D eigenvalue weighted by Crippen LogP contribution is -2.51. The first-order valence-electron chi connectivity index (χ1n) is 8.79. The fourth-order valence-electron chi connectivity index (χ4n) is 3.29. The third-order valence-electron chi connectivity index (χ3n) is 4.56. The number of piperidine rings is 1. The molecule has 0 unspecified atom stereocenters. The van der Waals surface area contributed by atoms with E-state index in [0.29, 0.717) is 0 Å². The molecular formula is C17H33N3O3. The Morgan fingerprint density at radius 3 is 2.13 bits per heavy atom. The van der Waals surface area contributed by atoms with Gasteiger partial charge in [0.1, 0.15) is 5.60 Å². The molecule has 0 aromatic rings. The van der Waals surface area contributed by atoms with E-state index in [4.69, 9.17) is 9.47 Å². The molecule has 0 aromatic heterocycles. The van der Waals surface area contributed by atoms with E-state index in [1.54, 1.807) is 7.11 Å². The number of carbonyl (C=O) groups is 1. The molecule has 0 saturated carbocycles. The Kier molecular flexibility index (Phi) is 6.68. The fourth-order valence-corrected chi connectivity index (χ4v) is 3.29. The second-order valence-corrected chi connectivity index (χ2v) is 7.75. The van der Waals surface area contributed by atoms with Crippen molar-refractivity contribution in [2.45, 2.75) is 39.2 Å². The van der Waals surface area contributed by atoms with E-state index in [2.05, 4.69) is 9.80 Å². The van der Waals surface area contributed by atoms with Gasteiger partial charge in [0.25, 0.3) is 0 Å². The van der Waals surface area contributed by atoms with Crippen molar-refractivity contribution in [2.75, 3.05) is 59.7 Å². The van der Waals surface area contributed by atoms with Crippen molar-refractivity contribution >= 4 is 6.09 Å². The van der Waals surface area contributed by atoms with Crippen LogP contribution in [-0.2, 0) is 9.47 Å². The predicted molar refractivity (Wildman–Crippen MR) is 90.4 cm³/mol. The normalized spacial score (nSPS) is 22.3. The highest BCUT2D eigenvalue weighted by Crippen LogP contribution is 2.19. The van der Waals surface area contributed by atoms with E-state index < -0.39 is 5.60 Å². The lowest BCUT2D eigenvalue weighted by atomic mass is 9.96. The molecule has 0 spiro atoms. The van der Waals surface area contributed by atoms with Crippen LogP contribution in [0.3, 0.4) is 0 Å². The molecule has 134 valence electrons. The number of rotatable bonds is 4. The largest absolute Gasteiger partial charge is 0.444 e. The minimum absolute atomic E-state index is 0.176. The van der Waals surface area contributed by atoms with Crippen LogP contribution in [0.25, 0.3) is 0 Å². The van der Waals surface area contributed by atoms with Crippen LogP contribution in [0.1, 0.15) is 33.6 Å². The molecular weight excluding hydrogens is 294 g/mol. The van der Waals surface area contributed by atoms with Crippen molar-refractivity contribution in [1.82, 2.24) is 14.7 Å². The summed E-state index contributed by atoms with van der Waals surface area (Å²) in [5.41, 5.74) is -0.412. The first-order chi connectivity index (χ1) is 10.9. The number of hydrogen-bond acceptors (Lipinski definition) is 5. The summed E-state index contributed by atoms with van der Waals surface area (Å²) >= 11 is 0. The minimum Gasteiger partial charge on any atom is -0.444 e. The second-order valence-electron chi connectivity index (χ2n) is 7.75. The molecule has 1 amide bonds. The number of ether oxygens (including phenoxy) is 2. The van der Waals surface area contributed by atoms with E-state index in [1.165, 1.54) is 12.8 Å². The highest BCUT2D eigenvalue weighted by Gasteiger charge is 2.27. The van der Waals surface area contributed by atoms with Crippen LogP contribution in [0.15, 0.2) is 0 Å². The highest BCUT2D eigenvalue weighted by molar-refractivity contribution is 5.68. The number of nitrogens with zero attached hydrogens (tertiary/aromatic N) is 3. The maximum atomic E-state index is 12.1. The highest BCUT2D eigenvalue weighted by atomic mass is 16.6.